The molecule has 1 saturated carbocycles. The number of anilines is 1. The molecule has 1 N–H and O–H groups in total. The average Bonchev–Trinajstić information content (AvgIpc) is 3.23. The van der Waals surface area contributed by atoms with E-state index in [1.165, 1.54) is 6.92 Å². The molecule has 1 fully saturated rings. The van der Waals surface area contributed by atoms with Gasteiger partial charge in [-0.1, -0.05) is 29.8 Å². The molecule has 0 radical (unpaired) electrons. The van der Waals surface area contributed by atoms with Gasteiger partial charge in [0, 0.05) is 5.69 Å². The van der Waals surface area contributed by atoms with Gasteiger partial charge >= 0.3 is 0 Å². The minimum atomic E-state index is -0.458. The molecular formula is C20H21NO3. The SMILES string of the molecule is CC(=O)C1=C(O)C(=O)N(c2ccc(C)cc2)C1C1CC2C=CC1C2. The van der Waals surface area contributed by atoms with Gasteiger partial charge in [-0.2, -0.15) is 0 Å². The maximum Gasteiger partial charge on any atom is 0.294 e. The molecule has 4 rings (SSSR count). The Morgan fingerprint density at radius 2 is 1.88 bits per heavy atom. The Labute approximate surface area is 141 Å². The predicted octanol–water partition coefficient (Wildman–Crippen LogP) is 3.32. The minimum Gasteiger partial charge on any atom is -0.503 e. The molecule has 1 aliphatic heterocycles. The zero-order chi connectivity index (χ0) is 17.0. The zero-order valence-electron chi connectivity index (χ0n) is 13.9. The van der Waals surface area contributed by atoms with Gasteiger partial charge in [-0.25, -0.2) is 0 Å². The fraction of sp³-hybridized carbons (Fsp3) is 0.400. The molecule has 3 aliphatic rings. The fourth-order valence-corrected chi connectivity index (χ4v) is 4.57. The Morgan fingerprint density at radius 3 is 2.42 bits per heavy atom. The van der Waals surface area contributed by atoms with Gasteiger partial charge in [0.15, 0.2) is 11.5 Å². The van der Waals surface area contributed by atoms with Crippen molar-refractivity contribution in [3.8, 4) is 0 Å². The lowest BCUT2D eigenvalue weighted by molar-refractivity contribution is -0.117. The average molecular weight is 323 g/mol. The second-order valence-electron chi connectivity index (χ2n) is 7.22. The van der Waals surface area contributed by atoms with Crippen LogP contribution in [0.5, 0.6) is 0 Å². The molecular weight excluding hydrogens is 302 g/mol. The summed E-state index contributed by atoms with van der Waals surface area (Å²) in [6.07, 6.45) is 6.50. The summed E-state index contributed by atoms with van der Waals surface area (Å²) < 4.78 is 0. The highest BCUT2D eigenvalue weighted by atomic mass is 16.3. The van der Waals surface area contributed by atoms with Crippen molar-refractivity contribution in [2.75, 3.05) is 4.90 Å². The lowest BCUT2D eigenvalue weighted by Crippen LogP contribution is -2.43. The first kappa shape index (κ1) is 15.2. The van der Waals surface area contributed by atoms with Crippen LogP contribution in [0.25, 0.3) is 0 Å². The molecule has 1 aromatic carbocycles. The molecule has 4 nitrogen and oxygen atoms in total. The summed E-state index contributed by atoms with van der Waals surface area (Å²) in [6, 6.07) is 7.31. The van der Waals surface area contributed by atoms with Crippen LogP contribution in [0, 0.1) is 24.7 Å². The summed E-state index contributed by atoms with van der Waals surface area (Å²) in [7, 11) is 0. The first-order chi connectivity index (χ1) is 11.5. The van der Waals surface area contributed by atoms with E-state index in [0.29, 0.717) is 11.8 Å². The number of hydrogen-bond acceptors (Lipinski definition) is 3. The first-order valence-corrected chi connectivity index (χ1v) is 8.50. The van der Waals surface area contributed by atoms with Gasteiger partial charge in [-0.3, -0.25) is 14.5 Å². The van der Waals surface area contributed by atoms with E-state index in [2.05, 4.69) is 12.2 Å². The van der Waals surface area contributed by atoms with Gasteiger partial charge in [-0.05, 0) is 56.6 Å². The van der Waals surface area contributed by atoms with Crippen LogP contribution in [-0.2, 0) is 9.59 Å². The number of aliphatic hydroxyl groups excluding tert-OH is 1. The molecule has 4 atom stereocenters. The molecule has 2 aliphatic carbocycles. The van der Waals surface area contributed by atoms with Crippen molar-refractivity contribution in [1.82, 2.24) is 0 Å². The second kappa shape index (κ2) is 5.33. The number of nitrogens with zero attached hydrogens (tertiary/aromatic N) is 1. The normalized spacial score (nSPS) is 31.4. The molecule has 124 valence electrons. The van der Waals surface area contributed by atoms with E-state index in [9.17, 15) is 14.7 Å². The van der Waals surface area contributed by atoms with Crippen LogP contribution in [0.15, 0.2) is 47.7 Å². The van der Waals surface area contributed by atoms with Gasteiger partial charge in [0.25, 0.3) is 5.91 Å². The number of allylic oxidation sites excluding steroid dienone is 2. The Bertz CT molecular complexity index is 775. The molecule has 1 heterocycles. The van der Waals surface area contributed by atoms with Crippen LogP contribution < -0.4 is 4.90 Å². The summed E-state index contributed by atoms with van der Waals surface area (Å²) in [4.78, 5) is 26.5. The number of amides is 1. The van der Waals surface area contributed by atoms with Crippen LogP contribution in [0.1, 0.15) is 25.3 Å². The summed E-state index contributed by atoms with van der Waals surface area (Å²) in [5, 5.41) is 10.4. The largest absolute Gasteiger partial charge is 0.503 e. The first-order valence-electron chi connectivity index (χ1n) is 8.50. The van der Waals surface area contributed by atoms with Crippen LogP contribution >= 0.6 is 0 Å². The molecule has 24 heavy (non-hydrogen) atoms. The van der Waals surface area contributed by atoms with E-state index >= 15 is 0 Å². The monoisotopic (exact) mass is 323 g/mol. The maximum atomic E-state index is 12.7. The third-order valence-electron chi connectivity index (χ3n) is 5.68. The zero-order valence-corrected chi connectivity index (χ0v) is 13.9. The van der Waals surface area contributed by atoms with Gasteiger partial charge in [0.2, 0.25) is 0 Å². The molecule has 0 saturated heterocycles. The summed E-state index contributed by atoms with van der Waals surface area (Å²) >= 11 is 0. The quantitative estimate of drug-likeness (QED) is 0.868. The molecule has 0 spiro atoms. The van der Waals surface area contributed by atoms with Crippen molar-refractivity contribution in [3.05, 3.63) is 53.3 Å². The number of aryl methyl sites for hydroxylation is 1. The molecule has 1 aromatic rings. The standard InChI is InChI=1S/C20H21NO3/c1-11-3-7-15(8-4-11)21-18(16-10-13-5-6-14(16)9-13)17(12(2)22)19(23)20(21)24/h3-8,13-14,16,18,23H,9-10H2,1-2H3. The Balaban J connectivity index is 1.80. The maximum absolute atomic E-state index is 12.7. The van der Waals surface area contributed by atoms with Crippen LogP contribution in [0.4, 0.5) is 5.69 Å². The summed E-state index contributed by atoms with van der Waals surface area (Å²) in [5.74, 6) is 0.0496. The fourth-order valence-electron chi connectivity index (χ4n) is 4.57. The van der Waals surface area contributed by atoms with Gasteiger partial charge in [-0.15, -0.1) is 0 Å². The van der Waals surface area contributed by atoms with Crippen molar-refractivity contribution < 1.29 is 14.7 Å². The predicted molar refractivity (Wildman–Crippen MR) is 91.6 cm³/mol. The van der Waals surface area contributed by atoms with E-state index < -0.39 is 5.91 Å². The number of carbonyl (C=O) groups excluding carboxylic acids is 2. The molecule has 0 aromatic heterocycles. The molecule has 4 heteroatoms. The highest BCUT2D eigenvalue weighted by Crippen LogP contribution is 2.50. The van der Waals surface area contributed by atoms with E-state index in [1.807, 2.05) is 31.2 Å². The van der Waals surface area contributed by atoms with E-state index in [0.717, 1.165) is 24.1 Å². The van der Waals surface area contributed by atoms with Crippen LogP contribution in [0.3, 0.4) is 0 Å². The van der Waals surface area contributed by atoms with E-state index in [-0.39, 0.29) is 29.1 Å². The number of carbonyl (C=O) groups is 2. The smallest absolute Gasteiger partial charge is 0.294 e. The Hall–Kier alpha value is -2.36. The van der Waals surface area contributed by atoms with Crippen LogP contribution in [-0.4, -0.2) is 22.8 Å². The van der Waals surface area contributed by atoms with Crippen molar-refractivity contribution >= 4 is 17.4 Å². The highest BCUT2D eigenvalue weighted by Gasteiger charge is 2.51. The number of ketones is 1. The van der Waals surface area contributed by atoms with Crippen molar-refractivity contribution in [2.45, 2.75) is 32.7 Å². The topological polar surface area (TPSA) is 57.6 Å². The number of aliphatic hydroxyl groups is 1. The van der Waals surface area contributed by atoms with E-state index in [4.69, 9.17) is 0 Å². The lowest BCUT2D eigenvalue weighted by atomic mass is 9.82. The highest BCUT2D eigenvalue weighted by molar-refractivity contribution is 6.16. The second-order valence-corrected chi connectivity index (χ2v) is 7.22. The summed E-state index contributed by atoms with van der Waals surface area (Å²) in [5.41, 5.74) is 2.13. The Kier molecular flexibility index (Phi) is 3.37. The number of Topliss-reactive ketones (excluding diaryl/α,β-unsaturated/α-hetero) is 1. The number of fused-ring (bicyclic) bond motifs is 2. The van der Waals surface area contributed by atoms with Gasteiger partial charge in [0.05, 0.1) is 11.6 Å². The van der Waals surface area contributed by atoms with Crippen molar-refractivity contribution in [1.29, 1.82) is 0 Å². The van der Waals surface area contributed by atoms with Crippen LogP contribution in [0.2, 0.25) is 0 Å². The number of rotatable bonds is 3. The third-order valence-corrected chi connectivity index (χ3v) is 5.68. The van der Waals surface area contributed by atoms with E-state index in [1.54, 1.807) is 4.90 Å². The third kappa shape index (κ3) is 2.13. The van der Waals surface area contributed by atoms with Gasteiger partial charge < -0.3 is 5.11 Å². The van der Waals surface area contributed by atoms with Crippen molar-refractivity contribution in [3.63, 3.8) is 0 Å². The number of benzene rings is 1. The summed E-state index contributed by atoms with van der Waals surface area (Å²) in [6.45, 7) is 3.43. The molecule has 2 bridgehead atoms. The van der Waals surface area contributed by atoms with Crippen molar-refractivity contribution in [2.24, 2.45) is 17.8 Å². The molecule has 4 unspecified atom stereocenters. The van der Waals surface area contributed by atoms with Gasteiger partial charge in [0.1, 0.15) is 0 Å². The minimum absolute atomic E-state index is 0.189. The Morgan fingerprint density at radius 1 is 1.17 bits per heavy atom. The molecule has 1 amide bonds. The number of hydrogen-bond donors (Lipinski definition) is 1. The lowest BCUT2D eigenvalue weighted by Gasteiger charge is -2.34.